The first kappa shape index (κ1) is 37.4. The van der Waals surface area contributed by atoms with E-state index in [1.807, 2.05) is 65.8 Å². The Kier molecular flexibility index (Phi) is 14.3. The van der Waals surface area contributed by atoms with Crippen LogP contribution in [-0.4, -0.2) is 22.9 Å². The second kappa shape index (κ2) is 18.4. The molecule has 1 heterocycles. The van der Waals surface area contributed by atoms with E-state index in [2.05, 4.69) is 131 Å². The fourth-order valence-electron chi connectivity index (χ4n) is 6.34. The molecule has 251 valence electrons. The van der Waals surface area contributed by atoms with E-state index in [9.17, 15) is 0 Å². The van der Waals surface area contributed by atoms with Gasteiger partial charge in [0.2, 0.25) is 0 Å². The number of fused-ring (bicyclic) bond motifs is 2. The fraction of sp³-hybridized carbons (Fsp3) is 0.190. The second-order valence-corrected chi connectivity index (χ2v) is 11.8. The van der Waals surface area contributed by atoms with Crippen molar-refractivity contribution in [1.82, 2.24) is 9.80 Å². The number of nitrogens with zero attached hydrogens (tertiary/aromatic N) is 2. The molecule has 48 heavy (non-hydrogen) atoms. The van der Waals surface area contributed by atoms with E-state index in [0.29, 0.717) is 12.1 Å². The zero-order chi connectivity index (χ0) is 33.2. The SMILES string of the molecule is C[C@H](c1cccc2ccccc12)N1[CH-]N([C@H](C)c2cccc3ccccc23)CC1.[CH3-].[Cl][Ru].[NH-][C@H](c1[c-]cccc1)[C@H]([NH-])c1ccccc1. The maximum absolute atomic E-state index is 8.05. The van der Waals surface area contributed by atoms with Crippen molar-refractivity contribution < 1.29 is 17.3 Å². The Bertz CT molecular complexity index is 1690. The van der Waals surface area contributed by atoms with Crippen LogP contribution in [0.1, 0.15) is 60.3 Å². The molecule has 1 saturated heterocycles. The van der Waals surface area contributed by atoms with Gasteiger partial charge in [0.15, 0.2) is 0 Å². The maximum atomic E-state index is 8.05. The third-order valence-electron chi connectivity index (χ3n) is 9.02. The van der Waals surface area contributed by atoms with Gasteiger partial charge in [0, 0.05) is 12.1 Å². The van der Waals surface area contributed by atoms with Crippen LogP contribution in [0.4, 0.5) is 0 Å². The van der Waals surface area contributed by atoms with E-state index < -0.39 is 12.1 Å². The Hall–Kier alpha value is -3.41. The van der Waals surface area contributed by atoms with E-state index in [1.165, 1.54) is 32.7 Å². The molecule has 0 radical (unpaired) electrons. The molecule has 0 unspecified atom stereocenters. The number of benzene rings is 6. The quantitative estimate of drug-likeness (QED) is 0.121. The molecule has 1 fully saturated rings. The average Bonchev–Trinajstić information content (AvgIpc) is 3.66. The summed E-state index contributed by atoms with van der Waals surface area (Å²) in [4.78, 5) is 4.98. The molecule has 0 bridgehead atoms. The molecular formula is C42H43ClN4Ru-5. The third kappa shape index (κ3) is 8.78. The zero-order valence-corrected chi connectivity index (χ0v) is 30.2. The molecule has 2 N–H and O–H groups in total. The van der Waals surface area contributed by atoms with Crippen molar-refractivity contribution in [2.24, 2.45) is 0 Å². The predicted octanol–water partition coefficient (Wildman–Crippen LogP) is 12.1. The molecule has 1 aliphatic heterocycles. The Balaban J connectivity index is 0.000000234. The van der Waals surface area contributed by atoms with E-state index in [-0.39, 0.29) is 7.43 Å². The van der Waals surface area contributed by atoms with Crippen LogP contribution in [-0.2, 0) is 17.3 Å². The van der Waals surface area contributed by atoms with E-state index in [0.717, 1.165) is 24.2 Å². The van der Waals surface area contributed by atoms with Gasteiger partial charge in [-0.05, 0) is 59.6 Å². The van der Waals surface area contributed by atoms with Crippen LogP contribution in [0.15, 0.2) is 140 Å². The summed E-state index contributed by atoms with van der Waals surface area (Å²) < 4.78 is 0. The van der Waals surface area contributed by atoms with Gasteiger partial charge in [-0.1, -0.05) is 121 Å². The summed E-state index contributed by atoms with van der Waals surface area (Å²) >= 11 is 1.82. The van der Waals surface area contributed by atoms with E-state index in [4.69, 9.17) is 11.5 Å². The van der Waals surface area contributed by atoms with Gasteiger partial charge in [-0.2, -0.15) is 35.9 Å². The van der Waals surface area contributed by atoms with E-state index >= 15 is 0 Å². The van der Waals surface area contributed by atoms with Gasteiger partial charge >= 0.3 is 27.0 Å². The van der Waals surface area contributed by atoms with Crippen LogP contribution in [0, 0.1) is 20.2 Å². The van der Waals surface area contributed by atoms with Crippen molar-refractivity contribution in [3.63, 3.8) is 0 Å². The van der Waals surface area contributed by atoms with Crippen molar-refractivity contribution in [2.45, 2.75) is 38.0 Å². The minimum Gasteiger partial charge on any atom is -0.674 e. The molecule has 0 saturated carbocycles. The number of halogens is 1. The van der Waals surface area contributed by atoms with Crippen LogP contribution in [0.2, 0.25) is 0 Å². The normalized spacial score (nSPS) is 15.6. The summed E-state index contributed by atoms with van der Waals surface area (Å²) in [6.45, 7) is 9.10. The first-order chi connectivity index (χ1) is 23.0. The minimum absolute atomic E-state index is 0. The molecular weight excluding hydrogens is 697 g/mol. The van der Waals surface area contributed by atoms with Crippen molar-refractivity contribution >= 4 is 31.2 Å². The van der Waals surface area contributed by atoms with E-state index in [1.54, 1.807) is 6.07 Å². The molecule has 0 spiro atoms. The molecule has 7 rings (SSSR count). The Labute approximate surface area is 301 Å². The van der Waals surface area contributed by atoms with Crippen molar-refractivity contribution in [1.29, 1.82) is 0 Å². The number of hydrogen-bond acceptors (Lipinski definition) is 2. The van der Waals surface area contributed by atoms with Gasteiger partial charge in [-0.3, -0.25) is 0 Å². The first-order valence-corrected chi connectivity index (χ1v) is 18.1. The summed E-state index contributed by atoms with van der Waals surface area (Å²) in [6.07, 6.45) is 0. The molecule has 6 heteroatoms. The molecule has 4 nitrogen and oxygen atoms in total. The largest absolute Gasteiger partial charge is 0.674 e. The molecule has 6 aromatic carbocycles. The topological polar surface area (TPSA) is 54.1 Å². The molecule has 6 aromatic rings. The van der Waals surface area contributed by atoms with Gasteiger partial charge in [0.05, 0.1) is 0 Å². The van der Waals surface area contributed by atoms with Gasteiger partial charge in [-0.15, -0.1) is 12.1 Å². The smallest absolute Gasteiger partial charge is 0.0606 e. The Morgan fingerprint density at radius 2 is 1.06 bits per heavy atom. The summed E-state index contributed by atoms with van der Waals surface area (Å²) in [7, 11) is 4.57. The predicted molar refractivity (Wildman–Crippen MR) is 201 cm³/mol. The van der Waals surface area contributed by atoms with Crippen LogP contribution in [0.25, 0.3) is 33.0 Å². The maximum Gasteiger partial charge on any atom is -0.0606 e. The van der Waals surface area contributed by atoms with Gasteiger partial charge in [-0.25, -0.2) is 6.67 Å². The Morgan fingerprint density at radius 3 is 1.56 bits per heavy atom. The number of rotatable bonds is 7. The average molecular weight is 740 g/mol. The first-order valence-electron chi connectivity index (χ1n) is 15.9. The van der Waals surface area contributed by atoms with Gasteiger partial charge in [0.1, 0.15) is 0 Å². The molecule has 1 aliphatic rings. The standard InChI is InChI=1S/C27H27N2.C14H13N2.CH3.ClH.Ru/c1-20(24-15-7-11-22-9-3-5-13-26(22)24)28-17-18-29(19-28)21(2)25-16-8-12-23-10-4-6-14-27(23)25;15-13(11-7-3-1-4-8-11)14(16)12-9-5-2-6-10-12;;;/h3-16,19-21H,17-18H2,1-2H3;1-9,13-16H;1H3;1H;/q-1;-3;-1;;+1/p-1/t20-,21-;13-,14-;;;/m11.../s1. The third-order valence-corrected chi connectivity index (χ3v) is 9.02. The molecule has 0 aliphatic carbocycles. The summed E-state index contributed by atoms with van der Waals surface area (Å²) in [5.74, 6) is 0. The fourth-order valence-corrected chi connectivity index (χ4v) is 6.34. The summed E-state index contributed by atoms with van der Waals surface area (Å²) in [5.41, 5.74) is 20.5. The Morgan fingerprint density at radius 1 is 0.604 bits per heavy atom. The van der Waals surface area contributed by atoms with Crippen molar-refractivity contribution in [2.75, 3.05) is 13.1 Å². The minimum atomic E-state index is -0.580. The molecule has 0 amide bonds. The van der Waals surface area contributed by atoms with Crippen LogP contribution < -0.4 is 0 Å². The van der Waals surface area contributed by atoms with Gasteiger partial charge in [0.25, 0.3) is 0 Å². The van der Waals surface area contributed by atoms with Gasteiger partial charge < -0.3 is 28.7 Å². The monoisotopic (exact) mass is 740 g/mol. The molecule has 0 aromatic heterocycles. The van der Waals surface area contributed by atoms with Crippen LogP contribution >= 0.6 is 9.69 Å². The summed E-state index contributed by atoms with van der Waals surface area (Å²) in [6, 6.07) is 50.2. The number of hydrogen-bond donors (Lipinski definition) is 0. The summed E-state index contributed by atoms with van der Waals surface area (Å²) in [5, 5.41) is 5.35. The van der Waals surface area contributed by atoms with Crippen molar-refractivity contribution in [3.05, 3.63) is 193 Å². The van der Waals surface area contributed by atoms with Crippen LogP contribution in [0.3, 0.4) is 0 Å². The molecule has 4 atom stereocenters. The zero-order valence-electron chi connectivity index (χ0n) is 27.7. The van der Waals surface area contributed by atoms with Crippen molar-refractivity contribution in [3.8, 4) is 0 Å². The van der Waals surface area contributed by atoms with Crippen LogP contribution in [0.5, 0.6) is 0 Å². The second-order valence-electron chi connectivity index (χ2n) is 11.8. The number of nitrogens with one attached hydrogen (secondary N) is 2.